The van der Waals surface area contributed by atoms with Gasteiger partial charge in [0, 0.05) is 65.0 Å². The molecule has 228 valence electrons. The van der Waals surface area contributed by atoms with Crippen molar-refractivity contribution in [3.05, 3.63) is 53.1 Å². The van der Waals surface area contributed by atoms with Gasteiger partial charge in [-0.2, -0.15) is 0 Å². The molecule has 2 atom stereocenters. The van der Waals surface area contributed by atoms with E-state index in [-0.39, 0.29) is 48.6 Å². The van der Waals surface area contributed by atoms with Gasteiger partial charge in [0.2, 0.25) is 5.91 Å². The second kappa shape index (κ2) is 14.5. The molecule has 0 unspecified atom stereocenters. The van der Waals surface area contributed by atoms with Crippen molar-refractivity contribution in [2.75, 3.05) is 65.5 Å². The van der Waals surface area contributed by atoms with E-state index in [0.29, 0.717) is 43.3 Å². The molecule has 0 saturated carbocycles. The number of likely N-dealkylation sites (N-methyl/N-ethyl adjacent to an activating group) is 1. The highest BCUT2D eigenvalue weighted by Gasteiger charge is 2.33. The van der Waals surface area contributed by atoms with E-state index in [2.05, 4.69) is 10.6 Å². The monoisotopic (exact) mass is 580 g/mol. The summed E-state index contributed by atoms with van der Waals surface area (Å²) in [6, 6.07) is 11.1. The standard InChI is InChI=1S/C32H44N4O6/c1-21(2)36(32(39)24-9-7-22(3)29(15-24)41-12-6-11-40-5)19-26-17-33-16-25(26)18-35(4)31(38)14-23-8-10-28-27(13-23)34-30(37)20-42-28/h7-10,13,15,21,25-26,33H,6,11-12,14,16-20H2,1-5H3,(H,34,37)/t25-,26-/m0/s1. The quantitative estimate of drug-likeness (QED) is 0.351. The fourth-order valence-electron chi connectivity index (χ4n) is 5.44. The third kappa shape index (κ3) is 8.01. The number of nitrogens with zero attached hydrogens (tertiary/aromatic N) is 2. The van der Waals surface area contributed by atoms with E-state index in [0.717, 1.165) is 36.4 Å². The van der Waals surface area contributed by atoms with E-state index in [9.17, 15) is 14.4 Å². The molecule has 10 heteroatoms. The summed E-state index contributed by atoms with van der Waals surface area (Å²) in [5.74, 6) is 1.52. The molecule has 1 fully saturated rings. The maximum atomic E-state index is 13.7. The Balaban J connectivity index is 1.36. The molecule has 0 aromatic heterocycles. The molecule has 2 aliphatic heterocycles. The Morgan fingerprint density at radius 1 is 1.07 bits per heavy atom. The summed E-state index contributed by atoms with van der Waals surface area (Å²) in [4.78, 5) is 42.2. The Kier molecular flexibility index (Phi) is 10.8. The van der Waals surface area contributed by atoms with E-state index in [1.54, 1.807) is 24.1 Å². The Labute approximate surface area is 248 Å². The molecule has 1 saturated heterocycles. The minimum absolute atomic E-state index is 0.000225. The number of hydrogen-bond acceptors (Lipinski definition) is 7. The van der Waals surface area contributed by atoms with E-state index in [4.69, 9.17) is 14.2 Å². The highest BCUT2D eigenvalue weighted by atomic mass is 16.5. The summed E-state index contributed by atoms with van der Waals surface area (Å²) in [5.41, 5.74) is 3.00. The van der Waals surface area contributed by atoms with Crippen molar-refractivity contribution < 1.29 is 28.6 Å². The second-order valence-corrected chi connectivity index (χ2v) is 11.5. The Bertz CT molecular complexity index is 1270. The van der Waals surface area contributed by atoms with Gasteiger partial charge in [-0.3, -0.25) is 14.4 Å². The molecular formula is C32H44N4O6. The van der Waals surface area contributed by atoms with Crippen molar-refractivity contribution in [3.8, 4) is 11.5 Å². The molecule has 2 N–H and O–H groups in total. The zero-order chi connectivity index (χ0) is 30.2. The lowest BCUT2D eigenvalue weighted by Crippen LogP contribution is -2.44. The third-order valence-corrected chi connectivity index (χ3v) is 7.95. The first-order valence-electron chi connectivity index (χ1n) is 14.7. The lowest BCUT2D eigenvalue weighted by molar-refractivity contribution is -0.129. The zero-order valence-electron chi connectivity index (χ0n) is 25.4. The number of anilines is 1. The molecule has 0 spiro atoms. The van der Waals surface area contributed by atoms with Crippen LogP contribution in [-0.2, 0) is 20.7 Å². The van der Waals surface area contributed by atoms with Crippen LogP contribution < -0.4 is 20.1 Å². The number of hydrogen-bond donors (Lipinski definition) is 2. The van der Waals surface area contributed by atoms with Crippen molar-refractivity contribution in [2.24, 2.45) is 11.8 Å². The van der Waals surface area contributed by atoms with Crippen LogP contribution in [0, 0.1) is 18.8 Å². The molecule has 3 amide bonds. The van der Waals surface area contributed by atoms with Crippen molar-refractivity contribution in [1.82, 2.24) is 15.1 Å². The van der Waals surface area contributed by atoms with Crippen LogP contribution in [0.25, 0.3) is 0 Å². The maximum Gasteiger partial charge on any atom is 0.262 e. The molecule has 10 nitrogen and oxygen atoms in total. The predicted molar refractivity (Wildman–Crippen MR) is 161 cm³/mol. The number of amides is 3. The fourth-order valence-corrected chi connectivity index (χ4v) is 5.44. The van der Waals surface area contributed by atoms with Gasteiger partial charge in [-0.05, 0) is 68.0 Å². The van der Waals surface area contributed by atoms with E-state index >= 15 is 0 Å². The molecule has 2 heterocycles. The van der Waals surface area contributed by atoms with Gasteiger partial charge in [-0.1, -0.05) is 12.1 Å². The number of carbonyl (C=O) groups excluding carboxylic acids is 3. The molecule has 2 aliphatic rings. The van der Waals surface area contributed by atoms with Crippen LogP contribution in [0.2, 0.25) is 0 Å². The summed E-state index contributed by atoms with van der Waals surface area (Å²) in [7, 11) is 3.49. The van der Waals surface area contributed by atoms with Crippen molar-refractivity contribution in [3.63, 3.8) is 0 Å². The lowest BCUT2D eigenvalue weighted by atomic mass is 9.93. The number of benzene rings is 2. The SMILES string of the molecule is COCCCOc1cc(C(=O)N(C[C@@H]2CNC[C@H]2CN(C)C(=O)Cc2ccc3c(c2)NC(=O)CO3)C(C)C)ccc1C. The van der Waals surface area contributed by atoms with Crippen LogP contribution in [0.4, 0.5) is 5.69 Å². The number of nitrogens with one attached hydrogen (secondary N) is 2. The Morgan fingerprint density at radius 2 is 1.83 bits per heavy atom. The van der Waals surface area contributed by atoms with Gasteiger partial charge in [0.25, 0.3) is 11.8 Å². The molecule has 4 rings (SSSR count). The topological polar surface area (TPSA) is 109 Å². The zero-order valence-corrected chi connectivity index (χ0v) is 25.4. The van der Waals surface area contributed by atoms with E-state index in [1.807, 2.05) is 57.0 Å². The normalized spacial score (nSPS) is 17.8. The van der Waals surface area contributed by atoms with Gasteiger partial charge < -0.3 is 34.6 Å². The number of methoxy groups -OCH3 is 1. The van der Waals surface area contributed by atoms with Crippen molar-refractivity contribution >= 4 is 23.4 Å². The first-order valence-corrected chi connectivity index (χ1v) is 14.7. The maximum absolute atomic E-state index is 13.7. The predicted octanol–water partition coefficient (Wildman–Crippen LogP) is 3.13. The molecule has 42 heavy (non-hydrogen) atoms. The van der Waals surface area contributed by atoms with Crippen LogP contribution >= 0.6 is 0 Å². The van der Waals surface area contributed by atoms with Gasteiger partial charge in [0.05, 0.1) is 18.7 Å². The Hall–Kier alpha value is -3.63. The summed E-state index contributed by atoms with van der Waals surface area (Å²) in [6.45, 7) is 9.96. The van der Waals surface area contributed by atoms with Gasteiger partial charge in [0.15, 0.2) is 6.61 Å². The average molecular weight is 581 g/mol. The van der Waals surface area contributed by atoms with E-state index in [1.165, 1.54) is 0 Å². The number of carbonyl (C=O) groups is 3. The number of fused-ring (bicyclic) bond motifs is 1. The van der Waals surface area contributed by atoms with Crippen LogP contribution in [-0.4, -0.2) is 93.7 Å². The minimum atomic E-state index is -0.203. The molecule has 2 aromatic rings. The van der Waals surface area contributed by atoms with Gasteiger partial charge in [-0.25, -0.2) is 0 Å². The average Bonchev–Trinajstić information content (AvgIpc) is 3.40. The smallest absolute Gasteiger partial charge is 0.262 e. The molecule has 0 aliphatic carbocycles. The van der Waals surface area contributed by atoms with Crippen LogP contribution in [0.15, 0.2) is 36.4 Å². The van der Waals surface area contributed by atoms with Gasteiger partial charge >= 0.3 is 0 Å². The van der Waals surface area contributed by atoms with Gasteiger partial charge in [-0.15, -0.1) is 0 Å². The first kappa shape index (κ1) is 31.3. The van der Waals surface area contributed by atoms with Crippen LogP contribution in [0.1, 0.15) is 41.8 Å². The minimum Gasteiger partial charge on any atom is -0.493 e. The fraction of sp³-hybridized carbons (Fsp3) is 0.531. The van der Waals surface area contributed by atoms with Crippen molar-refractivity contribution in [2.45, 2.75) is 39.7 Å². The largest absolute Gasteiger partial charge is 0.493 e. The third-order valence-electron chi connectivity index (χ3n) is 7.95. The summed E-state index contributed by atoms with van der Waals surface area (Å²) < 4.78 is 16.5. The highest BCUT2D eigenvalue weighted by Crippen LogP contribution is 2.29. The molecular weight excluding hydrogens is 536 g/mol. The summed E-state index contributed by atoms with van der Waals surface area (Å²) in [6.07, 6.45) is 1.00. The highest BCUT2D eigenvalue weighted by molar-refractivity contribution is 5.96. The van der Waals surface area contributed by atoms with Gasteiger partial charge in [0.1, 0.15) is 11.5 Å². The van der Waals surface area contributed by atoms with Crippen molar-refractivity contribution in [1.29, 1.82) is 0 Å². The molecule has 0 radical (unpaired) electrons. The second-order valence-electron chi connectivity index (χ2n) is 11.5. The molecule has 2 aromatic carbocycles. The summed E-state index contributed by atoms with van der Waals surface area (Å²) >= 11 is 0. The Morgan fingerprint density at radius 3 is 2.57 bits per heavy atom. The lowest BCUT2D eigenvalue weighted by Gasteiger charge is -2.33. The number of rotatable bonds is 13. The summed E-state index contributed by atoms with van der Waals surface area (Å²) in [5, 5.41) is 6.26. The van der Waals surface area contributed by atoms with E-state index < -0.39 is 0 Å². The van der Waals surface area contributed by atoms with Crippen LogP contribution in [0.5, 0.6) is 11.5 Å². The number of aryl methyl sites for hydroxylation is 1. The number of ether oxygens (including phenoxy) is 3. The first-order chi connectivity index (χ1) is 20.2. The molecule has 0 bridgehead atoms. The van der Waals surface area contributed by atoms with Crippen LogP contribution in [0.3, 0.4) is 0 Å².